The Bertz CT molecular complexity index is 990. The highest BCUT2D eigenvalue weighted by Gasteiger charge is 2.31. The third-order valence-corrected chi connectivity index (χ3v) is 7.92. The molecule has 2 atom stereocenters. The fraction of sp³-hybridized carbons (Fsp3) is 0.643. The van der Waals surface area contributed by atoms with Crippen molar-refractivity contribution >= 4 is 5.91 Å². The van der Waals surface area contributed by atoms with Crippen LogP contribution in [0.1, 0.15) is 60.4 Å². The monoisotopic (exact) mass is 497 g/mol. The summed E-state index contributed by atoms with van der Waals surface area (Å²) in [4.78, 5) is 18.3. The standard InChI is InChI=1S/C28H43N5O3/c1-5-31-15-6-7-23(31)19-29-28(34)27-25-20-32(16-14-26(25)33(30-27)17-18-35-3)21(2)8-9-22-10-12-24(36-4)13-11-22/h10-13,21,23H,5-9,14-20H2,1-4H3,(H,29,34). The highest BCUT2D eigenvalue weighted by atomic mass is 16.5. The van der Waals surface area contributed by atoms with Gasteiger partial charge in [-0.2, -0.15) is 5.10 Å². The predicted molar refractivity (Wildman–Crippen MR) is 142 cm³/mol. The molecule has 0 radical (unpaired) electrons. The molecule has 8 nitrogen and oxygen atoms in total. The second-order valence-electron chi connectivity index (χ2n) is 10.1. The lowest BCUT2D eigenvalue weighted by molar-refractivity contribution is 0.0931. The summed E-state index contributed by atoms with van der Waals surface area (Å²) in [6, 6.07) is 9.18. The first-order valence-corrected chi connectivity index (χ1v) is 13.5. The summed E-state index contributed by atoms with van der Waals surface area (Å²) in [6.45, 7) is 10.3. The van der Waals surface area contributed by atoms with Crippen LogP contribution in [0.2, 0.25) is 0 Å². The molecular formula is C28H43N5O3. The number of carbonyl (C=O) groups excluding carboxylic acids is 1. The summed E-state index contributed by atoms with van der Waals surface area (Å²) in [5, 5.41) is 8.00. The number of aryl methyl sites for hydroxylation is 1. The number of likely N-dealkylation sites (N-methyl/N-ethyl adjacent to an activating group) is 1. The van der Waals surface area contributed by atoms with Gasteiger partial charge in [0.15, 0.2) is 5.69 Å². The first-order chi connectivity index (χ1) is 17.5. The average Bonchev–Trinajstić information content (AvgIpc) is 3.53. The molecule has 1 aromatic carbocycles. The van der Waals surface area contributed by atoms with Gasteiger partial charge in [-0.05, 0) is 63.4 Å². The maximum Gasteiger partial charge on any atom is 0.272 e. The Morgan fingerprint density at radius 3 is 2.75 bits per heavy atom. The molecule has 3 heterocycles. The van der Waals surface area contributed by atoms with Crippen LogP contribution in [-0.4, -0.2) is 84.6 Å². The number of carbonyl (C=O) groups is 1. The lowest BCUT2D eigenvalue weighted by atomic mass is 10.00. The predicted octanol–water partition coefficient (Wildman–Crippen LogP) is 3.13. The summed E-state index contributed by atoms with van der Waals surface area (Å²) in [5.41, 5.74) is 4.19. The zero-order chi connectivity index (χ0) is 25.5. The highest BCUT2D eigenvalue weighted by molar-refractivity contribution is 5.94. The second kappa shape index (κ2) is 12.7. The summed E-state index contributed by atoms with van der Waals surface area (Å²) < 4.78 is 12.6. The maximum atomic E-state index is 13.3. The largest absolute Gasteiger partial charge is 0.497 e. The molecular weight excluding hydrogens is 454 g/mol. The van der Waals surface area contributed by atoms with E-state index in [0.29, 0.717) is 37.5 Å². The first-order valence-electron chi connectivity index (χ1n) is 13.5. The van der Waals surface area contributed by atoms with Crippen molar-refractivity contribution < 1.29 is 14.3 Å². The number of nitrogens with zero attached hydrogens (tertiary/aromatic N) is 4. The third-order valence-electron chi connectivity index (χ3n) is 7.92. The number of likely N-dealkylation sites (tertiary alicyclic amines) is 1. The Labute approximate surface area is 215 Å². The van der Waals surface area contributed by atoms with Crippen LogP contribution >= 0.6 is 0 Å². The van der Waals surface area contributed by atoms with Gasteiger partial charge in [-0.25, -0.2) is 0 Å². The van der Waals surface area contributed by atoms with E-state index in [-0.39, 0.29) is 5.91 Å². The van der Waals surface area contributed by atoms with E-state index in [1.807, 2.05) is 16.8 Å². The molecule has 1 saturated heterocycles. The molecule has 1 N–H and O–H groups in total. The zero-order valence-electron chi connectivity index (χ0n) is 22.5. The van der Waals surface area contributed by atoms with Crippen LogP contribution in [-0.2, 0) is 30.7 Å². The van der Waals surface area contributed by atoms with Gasteiger partial charge in [-0.15, -0.1) is 0 Å². The van der Waals surface area contributed by atoms with Gasteiger partial charge in [0.25, 0.3) is 5.91 Å². The summed E-state index contributed by atoms with van der Waals surface area (Å²) >= 11 is 0. The van der Waals surface area contributed by atoms with Crippen molar-refractivity contribution in [2.45, 2.75) is 71.1 Å². The van der Waals surface area contributed by atoms with Gasteiger partial charge in [0.2, 0.25) is 0 Å². The first kappa shape index (κ1) is 26.6. The summed E-state index contributed by atoms with van der Waals surface area (Å²) in [5.74, 6) is 0.847. The molecule has 1 fully saturated rings. The van der Waals surface area contributed by atoms with Crippen LogP contribution in [0.4, 0.5) is 0 Å². The van der Waals surface area contributed by atoms with Crippen LogP contribution in [0.15, 0.2) is 24.3 Å². The van der Waals surface area contributed by atoms with Crippen molar-refractivity contribution in [2.24, 2.45) is 0 Å². The molecule has 0 spiro atoms. The fourth-order valence-corrected chi connectivity index (χ4v) is 5.62. The zero-order valence-corrected chi connectivity index (χ0v) is 22.5. The van der Waals surface area contributed by atoms with Crippen molar-refractivity contribution in [3.05, 3.63) is 46.8 Å². The van der Waals surface area contributed by atoms with E-state index in [0.717, 1.165) is 63.2 Å². The van der Waals surface area contributed by atoms with Crippen molar-refractivity contribution in [2.75, 3.05) is 47.0 Å². The fourth-order valence-electron chi connectivity index (χ4n) is 5.62. The van der Waals surface area contributed by atoms with Gasteiger partial charge in [0, 0.05) is 56.5 Å². The van der Waals surface area contributed by atoms with Crippen molar-refractivity contribution in [3.8, 4) is 5.75 Å². The van der Waals surface area contributed by atoms with E-state index in [4.69, 9.17) is 14.6 Å². The number of methoxy groups -OCH3 is 2. The number of hydrogen-bond acceptors (Lipinski definition) is 6. The van der Waals surface area contributed by atoms with Gasteiger partial charge in [-0.3, -0.25) is 19.3 Å². The minimum Gasteiger partial charge on any atom is -0.497 e. The number of amides is 1. The molecule has 2 aliphatic rings. The molecule has 198 valence electrons. The summed E-state index contributed by atoms with van der Waals surface area (Å²) in [7, 11) is 3.40. The minimum atomic E-state index is -0.0434. The normalized spacial score (nSPS) is 19.3. The minimum absolute atomic E-state index is 0.0434. The SMILES string of the molecule is CCN1CCCC1CNC(=O)c1nn(CCOC)c2c1CN(C(C)CCc1ccc(OC)cc1)CC2. The summed E-state index contributed by atoms with van der Waals surface area (Å²) in [6.07, 6.45) is 5.34. The number of hydrogen-bond donors (Lipinski definition) is 1. The molecule has 0 bridgehead atoms. The highest BCUT2D eigenvalue weighted by Crippen LogP contribution is 2.26. The number of rotatable bonds is 12. The molecule has 0 aliphatic carbocycles. The molecule has 2 aromatic rings. The van der Waals surface area contributed by atoms with Crippen molar-refractivity contribution in [3.63, 3.8) is 0 Å². The molecule has 36 heavy (non-hydrogen) atoms. The molecule has 2 aliphatic heterocycles. The Morgan fingerprint density at radius 1 is 1.22 bits per heavy atom. The van der Waals surface area contributed by atoms with Gasteiger partial charge in [0.1, 0.15) is 5.75 Å². The topological polar surface area (TPSA) is 71.9 Å². The van der Waals surface area contributed by atoms with E-state index >= 15 is 0 Å². The van der Waals surface area contributed by atoms with Gasteiger partial charge >= 0.3 is 0 Å². The Balaban J connectivity index is 1.42. The molecule has 8 heteroatoms. The molecule has 0 saturated carbocycles. The second-order valence-corrected chi connectivity index (χ2v) is 10.1. The van der Waals surface area contributed by atoms with Gasteiger partial charge in [-0.1, -0.05) is 19.1 Å². The van der Waals surface area contributed by atoms with Crippen LogP contribution in [0.25, 0.3) is 0 Å². The molecule has 1 amide bonds. The Hall–Kier alpha value is -2.42. The lowest BCUT2D eigenvalue weighted by Crippen LogP contribution is -2.41. The average molecular weight is 498 g/mol. The third kappa shape index (κ3) is 6.28. The van der Waals surface area contributed by atoms with E-state index < -0.39 is 0 Å². The number of aromatic nitrogens is 2. The number of nitrogens with one attached hydrogen (secondary N) is 1. The lowest BCUT2D eigenvalue weighted by Gasteiger charge is -2.33. The number of fused-ring (bicyclic) bond motifs is 1. The number of ether oxygens (including phenoxy) is 2. The van der Waals surface area contributed by atoms with Gasteiger partial charge < -0.3 is 14.8 Å². The van der Waals surface area contributed by atoms with Crippen LogP contribution < -0.4 is 10.1 Å². The van der Waals surface area contributed by atoms with Crippen LogP contribution in [0.5, 0.6) is 5.75 Å². The van der Waals surface area contributed by atoms with E-state index in [9.17, 15) is 4.79 Å². The Kier molecular flexibility index (Phi) is 9.40. The van der Waals surface area contributed by atoms with E-state index in [1.54, 1.807) is 14.2 Å². The quantitative estimate of drug-likeness (QED) is 0.486. The van der Waals surface area contributed by atoms with Gasteiger partial charge in [0.05, 0.1) is 20.3 Å². The van der Waals surface area contributed by atoms with Crippen LogP contribution in [0.3, 0.4) is 0 Å². The van der Waals surface area contributed by atoms with Crippen LogP contribution in [0, 0.1) is 0 Å². The maximum absolute atomic E-state index is 13.3. The van der Waals surface area contributed by atoms with E-state index in [1.165, 1.54) is 17.7 Å². The number of benzene rings is 1. The van der Waals surface area contributed by atoms with Crippen molar-refractivity contribution in [1.82, 2.24) is 24.9 Å². The smallest absolute Gasteiger partial charge is 0.272 e. The molecule has 2 unspecified atom stereocenters. The molecule has 4 rings (SSSR count). The van der Waals surface area contributed by atoms with E-state index in [2.05, 4.69) is 41.1 Å². The molecule has 1 aromatic heterocycles. The van der Waals surface area contributed by atoms with Crippen molar-refractivity contribution in [1.29, 1.82) is 0 Å². The Morgan fingerprint density at radius 2 is 2.03 bits per heavy atom.